The Labute approximate surface area is 105 Å². The molecule has 3 aliphatic rings. The fraction of sp³-hybridized carbons (Fsp3) is 1.00. The highest BCUT2D eigenvalue weighted by atomic mass is 16.5. The summed E-state index contributed by atoms with van der Waals surface area (Å²) < 4.78 is 6.43. The summed E-state index contributed by atoms with van der Waals surface area (Å²) in [7, 11) is 0. The Balaban J connectivity index is 1.58. The van der Waals surface area contributed by atoms with Crippen LogP contribution in [0.5, 0.6) is 0 Å². The van der Waals surface area contributed by atoms with E-state index >= 15 is 0 Å². The summed E-state index contributed by atoms with van der Waals surface area (Å²) in [6.45, 7) is 2.37. The molecule has 2 N–H and O–H groups in total. The predicted molar refractivity (Wildman–Crippen MR) is 69.8 cm³/mol. The van der Waals surface area contributed by atoms with Crippen LogP contribution in [0.1, 0.15) is 64.7 Å². The van der Waals surface area contributed by atoms with Crippen LogP contribution in [-0.4, -0.2) is 18.2 Å². The van der Waals surface area contributed by atoms with Crippen LogP contribution in [0.3, 0.4) is 0 Å². The van der Waals surface area contributed by atoms with E-state index in [2.05, 4.69) is 6.92 Å². The third-order valence-corrected chi connectivity index (χ3v) is 5.63. The zero-order valence-electron chi connectivity index (χ0n) is 11.2. The molecule has 0 bridgehead atoms. The highest BCUT2D eigenvalue weighted by Gasteiger charge is 2.55. The minimum absolute atomic E-state index is 0.390. The van der Waals surface area contributed by atoms with Gasteiger partial charge in [-0.05, 0) is 38.0 Å². The van der Waals surface area contributed by atoms with Crippen molar-refractivity contribution in [2.45, 2.75) is 83.0 Å². The lowest BCUT2D eigenvalue weighted by Crippen LogP contribution is -2.61. The number of ether oxygens (including phenoxy) is 1. The van der Waals surface area contributed by atoms with Crippen molar-refractivity contribution in [1.29, 1.82) is 0 Å². The van der Waals surface area contributed by atoms with Gasteiger partial charge in [0.1, 0.15) is 0 Å². The Morgan fingerprint density at radius 1 is 1.06 bits per heavy atom. The number of rotatable bonds is 2. The van der Waals surface area contributed by atoms with Gasteiger partial charge in [-0.15, -0.1) is 0 Å². The van der Waals surface area contributed by atoms with E-state index in [0.717, 1.165) is 12.3 Å². The summed E-state index contributed by atoms with van der Waals surface area (Å²) in [6, 6.07) is 0.427. The van der Waals surface area contributed by atoms with Crippen LogP contribution in [0.15, 0.2) is 0 Å². The standard InChI is InChI=1S/C15H27NO/c1-11-5-4-6-12(9-11)17-14-10-13(16)15(14)7-2-3-8-15/h11-14H,2-10,16H2,1H3. The van der Waals surface area contributed by atoms with Gasteiger partial charge < -0.3 is 10.5 Å². The molecule has 0 amide bonds. The Bertz CT molecular complexity index is 272. The Morgan fingerprint density at radius 3 is 2.47 bits per heavy atom. The first-order valence-electron chi connectivity index (χ1n) is 7.62. The summed E-state index contributed by atoms with van der Waals surface area (Å²) in [5, 5.41) is 0. The molecule has 17 heavy (non-hydrogen) atoms. The maximum Gasteiger partial charge on any atom is 0.0664 e. The van der Waals surface area contributed by atoms with Crippen molar-refractivity contribution in [3.63, 3.8) is 0 Å². The van der Waals surface area contributed by atoms with Gasteiger partial charge in [-0.25, -0.2) is 0 Å². The van der Waals surface area contributed by atoms with Crippen molar-refractivity contribution in [2.24, 2.45) is 17.1 Å². The van der Waals surface area contributed by atoms with E-state index in [1.54, 1.807) is 0 Å². The molecule has 0 heterocycles. The van der Waals surface area contributed by atoms with E-state index in [-0.39, 0.29) is 0 Å². The third-order valence-electron chi connectivity index (χ3n) is 5.63. The van der Waals surface area contributed by atoms with Crippen LogP contribution in [-0.2, 0) is 4.74 Å². The summed E-state index contributed by atoms with van der Waals surface area (Å²) >= 11 is 0. The fourth-order valence-electron chi connectivity index (χ4n) is 4.43. The summed E-state index contributed by atoms with van der Waals surface area (Å²) in [5.41, 5.74) is 6.65. The zero-order chi connectivity index (χ0) is 11.9. The van der Waals surface area contributed by atoms with Crippen LogP contribution in [0.25, 0.3) is 0 Å². The first kappa shape index (κ1) is 12.0. The molecule has 4 atom stereocenters. The summed E-state index contributed by atoms with van der Waals surface area (Å²) in [6.07, 6.45) is 12.8. The number of nitrogens with two attached hydrogens (primary N) is 1. The van der Waals surface area contributed by atoms with Gasteiger partial charge in [-0.2, -0.15) is 0 Å². The number of hydrogen-bond donors (Lipinski definition) is 1. The molecule has 2 heteroatoms. The first-order valence-corrected chi connectivity index (χ1v) is 7.62. The van der Waals surface area contributed by atoms with Crippen LogP contribution in [0.4, 0.5) is 0 Å². The first-order chi connectivity index (χ1) is 8.21. The van der Waals surface area contributed by atoms with E-state index < -0.39 is 0 Å². The van der Waals surface area contributed by atoms with Gasteiger partial charge in [0, 0.05) is 11.5 Å². The largest absolute Gasteiger partial charge is 0.374 e. The Kier molecular flexibility index (Phi) is 3.20. The molecular formula is C15H27NO. The van der Waals surface area contributed by atoms with Crippen molar-refractivity contribution in [2.75, 3.05) is 0 Å². The Hall–Kier alpha value is -0.0800. The minimum Gasteiger partial charge on any atom is -0.374 e. The highest BCUT2D eigenvalue weighted by molar-refractivity contribution is 5.08. The van der Waals surface area contributed by atoms with E-state index in [1.165, 1.54) is 51.4 Å². The van der Waals surface area contributed by atoms with E-state index in [0.29, 0.717) is 23.7 Å². The molecule has 0 aromatic carbocycles. The summed E-state index contributed by atoms with van der Waals surface area (Å²) in [5.74, 6) is 0.863. The monoisotopic (exact) mass is 237 g/mol. The second kappa shape index (κ2) is 4.55. The molecule has 4 unspecified atom stereocenters. The van der Waals surface area contributed by atoms with Crippen molar-refractivity contribution in [3.05, 3.63) is 0 Å². The van der Waals surface area contributed by atoms with Crippen molar-refractivity contribution in [1.82, 2.24) is 0 Å². The average molecular weight is 237 g/mol. The zero-order valence-corrected chi connectivity index (χ0v) is 11.2. The van der Waals surface area contributed by atoms with E-state index in [1.807, 2.05) is 0 Å². The SMILES string of the molecule is CC1CCCC(OC2CC(N)C23CCCC3)C1. The quantitative estimate of drug-likeness (QED) is 0.800. The molecule has 1 spiro atoms. The lowest BCUT2D eigenvalue weighted by atomic mass is 9.61. The van der Waals surface area contributed by atoms with Crippen LogP contribution in [0.2, 0.25) is 0 Å². The molecule has 3 rings (SSSR count). The lowest BCUT2D eigenvalue weighted by molar-refractivity contribution is -0.162. The molecule has 0 radical (unpaired) electrons. The van der Waals surface area contributed by atoms with Gasteiger partial charge in [0.2, 0.25) is 0 Å². The number of hydrogen-bond acceptors (Lipinski definition) is 2. The highest BCUT2D eigenvalue weighted by Crippen LogP contribution is 2.54. The molecular weight excluding hydrogens is 210 g/mol. The molecule has 0 saturated heterocycles. The predicted octanol–water partition coefficient (Wildman–Crippen LogP) is 3.24. The molecule has 3 saturated carbocycles. The Morgan fingerprint density at radius 2 is 1.82 bits per heavy atom. The molecule has 0 aromatic rings. The van der Waals surface area contributed by atoms with Crippen molar-refractivity contribution >= 4 is 0 Å². The summed E-state index contributed by atoms with van der Waals surface area (Å²) in [4.78, 5) is 0. The van der Waals surface area contributed by atoms with Gasteiger partial charge in [-0.1, -0.05) is 32.6 Å². The second-order valence-electron chi connectivity index (χ2n) is 6.80. The van der Waals surface area contributed by atoms with Gasteiger partial charge in [-0.3, -0.25) is 0 Å². The molecule has 2 nitrogen and oxygen atoms in total. The second-order valence-corrected chi connectivity index (χ2v) is 6.80. The van der Waals surface area contributed by atoms with Gasteiger partial charge in [0.25, 0.3) is 0 Å². The molecule has 0 aromatic heterocycles. The van der Waals surface area contributed by atoms with Gasteiger partial charge in [0.05, 0.1) is 12.2 Å². The molecule has 0 aliphatic heterocycles. The van der Waals surface area contributed by atoms with Gasteiger partial charge in [0.15, 0.2) is 0 Å². The smallest absolute Gasteiger partial charge is 0.0664 e. The molecule has 98 valence electrons. The van der Waals surface area contributed by atoms with Gasteiger partial charge >= 0.3 is 0 Å². The van der Waals surface area contributed by atoms with E-state index in [4.69, 9.17) is 10.5 Å². The maximum atomic E-state index is 6.43. The molecule has 3 aliphatic carbocycles. The topological polar surface area (TPSA) is 35.2 Å². The lowest BCUT2D eigenvalue weighted by Gasteiger charge is -2.53. The maximum absolute atomic E-state index is 6.43. The van der Waals surface area contributed by atoms with Crippen LogP contribution in [0, 0.1) is 11.3 Å². The van der Waals surface area contributed by atoms with E-state index in [9.17, 15) is 0 Å². The third kappa shape index (κ3) is 2.04. The normalized spacial score (nSPS) is 44.8. The fourth-order valence-corrected chi connectivity index (χ4v) is 4.43. The average Bonchev–Trinajstić information content (AvgIpc) is 2.80. The molecule has 3 fully saturated rings. The van der Waals surface area contributed by atoms with Crippen LogP contribution >= 0.6 is 0 Å². The van der Waals surface area contributed by atoms with Crippen LogP contribution < -0.4 is 5.73 Å². The van der Waals surface area contributed by atoms with Crippen molar-refractivity contribution in [3.8, 4) is 0 Å². The minimum atomic E-state index is 0.390. The van der Waals surface area contributed by atoms with Crippen molar-refractivity contribution < 1.29 is 4.74 Å².